The fourth-order valence-corrected chi connectivity index (χ4v) is 3.01. The van der Waals surface area contributed by atoms with Crippen LogP contribution in [0.2, 0.25) is 0 Å². The minimum Gasteiger partial charge on any atom is -0.496 e. The van der Waals surface area contributed by atoms with Crippen LogP contribution in [-0.4, -0.2) is 71.0 Å². The number of guanidine groups is 1. The van der Waals surface area contributed by atoms with E-state index in [1.807, 2.05) is 25.2 Å². The lowest BCUT2D eigenvalue weighted by atomic mass is 10.1. The van der Waals surface area contributed by atoms with Gasteiger partial charge in [0.1, 0.15) is 5.75 Å². The highest BCUT2D eigenvalue weighted by Gasteiger charge is 2.14. The predicted octanol–water partition coefficient (Wildman–Crippen LogP) is 1.37. The van der Waals surface area contributed by atoms with Crippen LogP contribution < -0.4 is 15.4 Å². The summed E-state index contributed by atoms with van der Waals surface area (Å²) in [6.07, 6.45) is 0.897. The van der Waals surface area contributed by atoms with E-state index in [1.54, 1.807) is 7.11 Å². The number of ether oxygens (including phenoxy) is 2. The van der Waals surface area contributed by atoms with E-state index in [-0.39, 0.29) is 0 Å². The summed E-state index contributed by atoms with van der Waals surface area (Å²) < 4.78 is 10.8. The van der Waals surface area contributed by atoms with Crippen molar-refractivity contribution in [1.29, 1.82) is 0 Å². The molecule has 1 aromatic rings. The van der Waals surface area contributed by atoms with Crippen LogP contribution in [-0.2, 0) is 11.2 Å². The van der Waals surface area contributed by atoms with Crippen molar-refractivity contribution in [2.45, 2.75) is 13.3 Å². The smallest absolute Gasteiger partial charge is 0.190 e. The average Bonchev–Trinajstić information content (AvgIpc) is 2.65. The molecule has 0 saturated carbocycles. The van der Waals surface area contributed by atoms with Crippen LogP contribution in [0, 0.1) is 5.92 Å². The molecule has 1 aromatic carbocycles. The van der Waals surface area contributed by atoms with Gasteiger partial charge >= 0.3 is 0 Å². The van der Waals surface area contributed by atoms with E-state index >= 15 is 0 Å². The second kappa shape index (κ2) is 10.9. The first-order valence-electron chi connectivity index (χ1n) is 9.09. The number of aliphatic imine (C=N–C) groups is 1. The topological polar surface area (TPSA) is 58.1 Å². The molecule has 1 unspecified atom stereocenters. The molecule has 140 valence electrons. The lowest BCUT2D eigenvalue weighted by Crippen LogP contribution is -2.44. The molecule has 1 saturated heterocycles. The second-order valence-corrected chi connectivity index (χ2v) is 6.46. The number of benzene rings is 1. The minimum absolute atomic E-state index is 0.561. The zero-order chi connectivity index (χ0) is 17.9. The number of nitrogens with zero attached hydrogens (tertiary/aromatic N) is 2. The zero-order valence-electron chi connectivity index (χ0n) is 15.8. The van der Waals surface area contributed by atoms with Gasteiger partial charge in [0.2, 0.25) is 0 Å². The summed E-state index contributed by atoms with van der Waals surface area (Å²) in [5.74, 6) is 2.35. The van der Waals surface area contributed by atoms with Crippen molar-refractivity contribution in [1.82, 2.24) is 15.5 Å². The van der Waals surface area contributed by atoms with Crippen molar-refractivity contribution >= 4 is 5.96 Å². The maximum atomic E-state index is 5.40. The quantitative estimate of drug-likeness (QED) is 0.549. The first-order chi connectivity index (χ1) is 12.2. The summed E-state index contributed by atoms with van der Waals surface area (Å²) in [5.41, 5.74) is 1.20. The number of methoxy groups -OCH3 is 1. The van der Waals surface area contributed by atoms with Crippen LogP contribution in [0.3, 0.4) is 0 Å². The third-order valence-corrected chi connectivity index (χ3v) is 4.39. The number of morpholine rings is 1. The van der Waals surface area contributed by atoms with Gasteiger partial charge < -0.3 is 20.1 Å². The fraction of sp³-hybridized carbons (Fsp3) is 0.632. The van der Waals surface area contributed by atoms with Crippen molar-refractivity contribution in [3.05, 3.63) is 29.8 Å². The Bertz CT molecular complexity index is 530. The molecule has 1 fully saturated rings. The average molecular weight is 348 g/mol. The monoisotopic (exact) mass is 348 g/mol. The molecule has 1 heterocycles. The first-order valence-corrected chi connectivity index (χ1v) is 9.09. The Morgan fingerprint density at radius 1 is 1.28 bits per heavy atom. The maximum absolute atomic E-state index is 5.40. The Kier molecular flexibility index (Phi) is 8.55. The molecule has 6 nitrogen and oxygen atoms in total. The highest BCUT2D eigenvalue weighted by Crippen LogP contribution is 2.17. The summed E-state index contributed by atoms with van der Waals surface area (Å²) in [6.45, 7) is 8.87. The Morgan fingerprint density at radius 3 is 2.76 bits per heavy atom. The minimum atomic E-state index is 0.561. The van der Waals surface area contributed by atoms with Gasteiger partial charge in [-0.05, 0) is 24.0 Å². The SMILES string of the molecule is CN=C(NCCc1ccccc1OC)NCC(C)CN1CCOCC1. The van der Waals surface area contributed by atoms with Crippen molar-refractivity contribution in [3.63, 3.8) is 0 Å². The summed E-state index contributed by atoms with van der Waals surface area (Å²) >= 11 is 0. The third kappa shape index (κ3) is 6.92. The van der Waals surface area contributed by atoms with Crippen molar-refractivity contribution in [2.24, 2.45) is 10.9 Å². The molecule has 2 rings (SSSR count). The van der Waals surface area contributed by atoms with Crippen LogP contribution in [0.15, 0.2) is 29.3 Å². The van der Waals surface area contributed by atoms with Gasteiger partial charge in [0.15, 0.2) is 5.96 Å². The molecule has 6 heteroatoms. The van der Waals surface area contributed by atoms with E-state index < -0.39 is 0 Å². The van der Waals surface area contributed by atoms with E-state index in [2.05, 4.69) is 33.5 Å². The molecule has 2 N–H and O–H groups in total. The van der Waals surface area contributed by atoms with Crippen molar-refractivity contribution < 1.29 is 9.47 Å². The maximum Gasteiger partial charge on any atom is 0.190 e. The third-order valence-electron chi connectivity index (χ3n) is 4.39. The lowest BCUT2D eigenvalue weighted by Gasteiger charge is -2.29. The number of hydrogen-bond donors (Lipinski definition) is 2. The predicted molar refractivity (Wildman–Crippen MR) is 102 cm³/mol. The van der Waals surface area contributed by atoms with E-state index in [1.165, 1.54) is 5.56 Å². The number of para-hydroxylation sites is 1. The standard InChI is InChI=1S/C19H32N4O2/c1-16(15-23-10-12-25-13-11-23)14-22-19(20-2)21-9-8-17-6-4-5-7-18(17)24-3/h4-7,16H,8-15H2,1-3H3,(H2,20,21,22). The second-order valence-electron chi connectivity index (χ2n) is 6.46. The molecule has 0 aromatic heterocycles. The lowest BCUT2D eigenvalue weighted by molar-refractivity contribution is 0.0320. The molecule has 0 bridgehead atoms. The molecule has 0 spiro atoms. The highest BCUT2D eigenvalue weighted by molar-refractivity contribution is 5.79. The van der Waals surface area contributed by atoms with Gasteiger partial charge in [-0.15, -0.1) is 0 Å². The van der Waals surface area contributed by atoms with Gasteiger partial charge in [0, 0.05) is 39.8 Å². The Hall–Kier alpha value is -1.79. The summed E-state index contributed by atoms with van der Waals surface area (Å²) in [5, 5.41) is 6.80. The Morgan fingerprint density at radius 2 is 2.04 bits per heavy atom. The van der Waals surface area contributed by atoms with Gasteiger partial charge in [-0.2, -0.15) is 0 Å². The van der Waals surface area contributed by atoms with E-state index in [0.717, 1.165) is 64.1 Å². The van der Waals surface area contributed by atoms with Gasteiger partial charge in [0.05, 0.1) is 20.3 Å². The summed E-state index contributed by atoms with van der Waals surface area (Å²) in [4.78, 5) is 6.78. The van der Waals surface area contributed by atoms with Crippen LogP contribution in [0.4, 0.5) is 0 Å². The number of rotatable bonds is 8. The van der Waals surface area contributed by atoms with Gasteiger partial charge in [-0.25, -0.2) is 0 Å². The van der Waals surface area contributed by atoms with Gasteiger partial charge in [-0.3, -0.25) is 9.89 Å². The van der Waals surface area contributed by atoms with Gasteiger partial charge in [0.25, 0.3) is 0 Å². The van der Waals surface area contributed by atoms with E-state index in [4.69, 9.17) is 9.47 Å². The Balaban J connectivity index is 1.67. The molecular formula is C19H32N4O2. The van der Waals surface area contributed by atoms with Crippen molar-refractivity contribution in [2.75, 3.05) is 60.1 Å². The number of hydrogen-bond acceptors (Lipinski definition) is 4. The summed E-state index contributed by atoms with van der Waals surface area (Å²) in [6, 6.07) is 8.13. The zero-order valence-corrected chi connectivity index (χ0v) is 15.8. The summed E-state index contributed by atoms with van der Waals surface area (Å²) in [7, 11) is 3.52. The molecule has 1 aliphatic rings. The molecule has 0 aliphatic carbocycles. The molecule has 0 amide bonds. The van der Waals surface area contributed by atoms with Crippen LogP contribution in [0.5, 0.6) is 5.75 Å². The van der Waals surface area contributed by atoms with Crippen molar-refractivity contribution in [3.8, 4) is 5.75 Å². The first kappa shape index (κ1) is 19.5. The Labute approximate surface area is 151 Å². The van der Waals surface area contributed by atoms with Crippen LogP contribution >= 0.6 is 0 Å². The fourth-order valence-electron chi connectivity index (χ4n) is 3.01. The normalized spacial score (nSPS) is 17.2. The van der Waals surface area contributed by atoms with E-state index in [0.29, 0.717) is 5.92 Å². The van der Waals surface area contributed by atoms with Gasteiger partial charge in [-0.1, -0.05) is 25.1 Å². The molecule has 0 radical (unpaired) electrons. The highest BCUT2D eigenvalue weighted by atomic mass is 16.5. The number of nitrogens with one attached hydrogen (secondary N) is 2. The molecular weight excluding hydrogens is 316 g/mol. The largest absolute Gasteiger partial charge is 0.496 e. The van der Waals surface area contributed by atoms with Crippen LogP contribution in [0.1, 0.15) is 12.5 Å². The molecule has 1 aliphatic heterocycles. The molecule has 1 atom stereocenters. The molecule has 25 heavy (non-hydrogen) atoms. The van der Waals surface area contributed by atoms with E-state index in [9.17, 15) is 0 Å². The van der Waals surface area contributed by atoms with Crippen LogP contribution in [0.25, 0.3) is 0 Å².